The van der Waals surface area contributed by atoms with E-state index >= 15 is 0 Å². The molecule has 12 heteroatoms. The second-order valence-electron chi connectivity index (χ2n) is 17.9. The maximum absolute atomic E-state index is 13.4. The maximum atomic E-state index is 13.4. The van der Waals surface area contributed by atoms with Crippen LogP contribution < -0.4 is 10.6 Å². The fourth-order valence-corrected chi connectivity index (χ4v) is 7.90. The van der Waals surface area contributed by atoms with Crippen molar-refractivity contribution in [3.05, 3.63) is 69.2 Å². The third-order valence-corrected chi connectivity index (χ3v) is 12.2. The molecule has 2 aliphatic heterocycles. The Bertz CT molecular complexity index is 1440. The number of likely N-dealkylation sites (tertiary alicyclic amines) is 2. The van der Waals surface area contributed by atoms with Gasteiger partial charge in [0.1, 0.15) is 11.6 Å². The summed E-state index contributed by atoms with van der Waals surface area (Å²) < 4.78 is 26.9. The molecule has 2 saturated carbocycles. The van der Waals surface area contributed by atoms with Crippen molar-refractivity contribution in [3.63, 3.8) is 0 Å². The van der Waals surface area contributed by atoms with Crippen LogP contribution in [0, 0.1) is 33.3 Å². The first-order valence-electron chi connectivity index (χ1n) is 18.5. The summed E-state index contributed by atoms with van der Waals surface area (Å²) in [6, 6.07) is 8.09. The monoisotopic (exact) mass is 764 g/mol. The summed E-state index contributed by atoms with van der Waals surface area (Å²) in [5.41, 5.74) is 0.631. The van der Waals surface area contributed by atoms with Crippen molar-refractivity contribution in [2.45, 2.75) is 104 Å². The van der Waals surface area contributed by atoms with Gasteiger partial charge in [0.2, 0.25) is 0 Å². The highest BCUT2D eigenvalue weighted by Gasteiger charge is 2.56. The number of amides is 2. The second-order valence-corrected chi connectivity index (χ2v) is 18.7. The van der Waals surface area contributed by atoms with Crippen molar-refractivity contribution in [3.8, 4) is 0 Å². The number of piperidine rings is 2. The van der Waals surface area contributed by atoms with E-state index < -0.39 is 11.6 Å². The molecule has 0 aromatic heterocycles. The van der Waals surface area contributed by atoms with Crippen LogP contribution in [0.5, 0.6) is 0 Å². The van der Waals surface area contributed by atoms with Crippen LogP contribution in [-0.2, 0) is 0 Å². The zero-order chi connectivity index (χ0) is 38.2. The highest BCUT2D eigenvalue weighted by Crippen LogP contribution is 2.55. The van der Waals surface area contributed by atoms with E-state index in [4.69, 9.17) is 23.2 Å². The van der Waals surface area contributed by atoms with Crippen molar-refractivity contribution in [1.29, 1.82) is 0 Å². The summed E-state index contributed by atoms with van der Waals surface area (Å²) in [7, 11) is 0. The topological polar surface area (TPSA) is 105 Å². The minimum absolute atomic E-state index is 0.114. The molecular weight excluding hydrogens is 709 g/mol. The predicted molar refractivity (Wildman–Crippen MR) is 202 cm³/mol. The summed E-state index contributed by atoms with van der Waals surface area (Å²) >= 11 is 11.7. The highest BCUT2D eigenvalue weighted by molar-refractivity contribution is 6.31. The molecular formula is C40H56Cl2F2N4O4. The van der Waals surface area contributed by atoms with Crippen LogP contribution >= 0.6 is 23.2 Å². The third-order valence-electron chi connectivity index (χ3n) is 11.8. The number of aliphatic hydroxyl groups excluding tert-OH is 2. The molecule has 4 atom stereocenters. The standard InChI is InChI=1S/2C20H28ClFN2O2/c2*1-19(2,3)17(25)12-24-6-4-20(5-7-24)11-16(20)23-18(26)13-8-14(21)10-15(22)9-13/h2*8-10,16-17,25H,4-7,11-12H2,1-3H3,(H,23,26)/t16-,17?;/m1./s1. The lowest BCUT2D eigenvalue weighted by Crippen LogP contribution is -2.44. The quantitative estimate of drug-likeness (QED) is 0.232. The highest BCUT2D eigenvalue weighted by atomic mass is 35.5. The first-order chi connectivity index (χ1) is 24.2. The van der Waals surface area contributed by atoms with Gasteiger partial charge in [-0.3, -0.25) is 9.59 Å². The molecule has 0 bridgehead atoms. The van der Waals surface area contributed by atoms with Crippen molar-refractivity contribution < 1.29 is 28.6 Å². The third kappa shape index (κ3) is 10.4. The second kappa shape index (κ2) is 15.8. The Kier molecular flexibility index (Phi) is 12.4. The molecule has 0 radical (unpaired) electrons. The summed E-state index contributed by atoms with van der Waals surface area (Å²) in [5, 5.41) is 27.1. The number of nitrogens with zero attached hydrogens (tertiary/aromatic N) is 2. The van der Waals surface area contributed by atoms with E-state index in [0.29, 0.717) is 13.1 Å². The van der Waals surface area contributed by atoms with E-state index in [1.807, 2.05) is 41.5 Å². The molecule has 2 aromatic carbocycles. The van der Waals surface area contributed by atoms with Crippen LogP contribution in [0.3, 0.4) is 0 Å². The van der Waals surface area contributed by atoms with Crippen molar-refractivity contribution in [2.24, 2.45) is 21.7 Å². The Hall–Kier alpha value is -2.34. The fourth-order valence-electron chi connectivity index (χ4n) is 7.46. The van der Waals surface area contributed by atoms with Crippen LogP contribution in [-0.4, -0.2) is 95.4 Å². The zero-order valence-corrected chi connectivity index (χ0v) is 32.9. The zero-order valence-electron chi connectivity index (χ0n) is 31.4. The largest absolute Gasteiger partial charge is 0.391 e. The number of benzene rings is 2. The van der Waals surface area contributed by atoms with Crippen molar-refractivity contribution >= 4 is 35.0 Å². The van der Waals surface area contributed by atoms with Crippen LogP contribution in [0.2, 0.25) is 10.0 Å². The van der Waals surface area contributed by atoms with Crippen LogP contribution in [0.1, 0.15) is 101 Å². The molecule has 4 fully saturated rings. The van der Waals surface area contributed by atoms with Gasteiger partial charge in [0.05, 0.1) is 12.2 Å². The van der Waals surface area contributed by atoms with Gasteiger partial charge in [-0.15, -0.1) is 0 Å². The Morgan fingerprint density at radius 3 is 1.31 bits per heavy atom. The molecule has 6 rings (SSSR count). The number of carbonyl (C=O) groups excluding carboxylic acids is 2. The molecule has 2 heterocycles. The summed E-state index contributed by atoms with van der Waals surface area (Å²) in [5.74, 6) is -1.53. The fraction of sp³-hybridized carbons (Fsp3) is 0.650. The summed E-state index contributed by atoms with van der Waals surface area (Å²) in [6.07, 6.45) is 5.30. The SMILES string of the molecule is CC(C)(C)C(O)CN1CCC2(CC1)CC2NC(=O)c1cc(F)cc(Cl)c1.CC(C)(C)C(O)CN1CCC2(CC1)C[C@H]2NC(=O)c1cc(F)cc(Cl)c1. The van der Waals surface area contributed by atoms with Crippen LogP contribution in [0.15, 0.2) is 36.4 Å². The van der Waals surface area contributed by atoms with E-state index in [1.54, 1.807) is 0 Å². The lowest BCUT2D eigenvalue weighted by atomic mass is 9.87. The molecule has 2 spiro atoms. The van der Waals surface area contributed by atoms with Gasteiger partial charge in [-0.2, -0.15) is 0 Å². The number of carbonyl (C=O) groups is 2. The van der Waals surface area contributed by atoms with Gasteiger partial charge in [0.15, 0.2) is 0 Å². The van der Waals surface area contributed by atoms with Crippen molar-refractivity contribution in [1.82, 2.24) is 20.4 Å². The Labute approximate surface area is 317 Å². The van der Waals surface area contributed by atoms with Crippen molar-refractivity contribution in [2.75, 3.05) is 39.3 Å². The molecule has 8 nitrogen and oxygen atoms in total. The number of nitrogens with one attached hydrogen (secondary N) is 2. The molecule has 52 heavy (non-hydrogen) atoms. The molecule has 2 aromatic rings. The molecule has 2 aliphatic carbocycles. The van der Waals surface area contributed by atoms with E-state index in [0.717, 1.165) is 64.7 Å². The van der Waals surface area contributed by atoms with Gasteiger partial charge in [-0.25, -0.2) is 8.78 Å². The smallest absolute Gasteiger partial charge is 0.251 e. The number of β-amino-alcohol motifs (C(OH)–C–C–N with tert-alkyl or cyclic N) is 2. The number of rotatable bonds is 8. The molecule has 4 N–H and O–H groups in total. The molecule has 2 saturated heterocycles. The van der Waals surface area contributed by atoms with Gasteiger partial charge < -0.3 is 30.6 Å². The minimum atomic E-state index is -0.501. The Morgan fingerprint density at radius 1 is 0.692 bits per heavy atom. The van der Waals surface area contributed by atoms with E-state index in [-0.39, 0.29) is 78.9 Å². The molecule has 3 unspecified atom stereocenters. The minimum Gasteiger partial charge on any atom is -0.391 e. The summed E-state index contributed by atoms with van der Waals surface area (Å²) in [6.45, 7) is 17.4. The number of hydrogen-bond acceptors (Lipinski definition) is 6. The normalized spacial score (nSPS) is 23.7. The van der Waals surface area contributed by atoms with E-state index in [2.05, 4.69) is 20.4 Å². The first kappa shape index (κ1) is 40.8. The number of aliphatic hydroxyl groups is 2. The Balaban J connectivity index is 0.000000201. The van der Waals surface area contributed by atoms with Gasteiger partial charge in [0, 0.05) is 46.3 Å². The molecule has 4 aliphatic rings. The van der Waals surface area contributed by atoms with Crippen LogP contribution in [0.25, 0.3) is 0 Å². The average molecular weight is 766 g/mol. The van der Waals surface area contributed by atoms with Crippen LogP contribution in [0.4, 0.5) is 8.78 Å². The van der Waals surface area contributed by atoms with Gasteiger partial charge >= 0.3 is 0 Å². The van der Waals surface area contributed by atoms with E-state index in [1.165, 1.54) is 36.4 Å². The predicted octanol–water partition coefficient (Wildman–Crippen LogP) is 6.94. The lowest BCUT2D eigenvalue weighted by molar-refractivity contribution is 0.0166. The Morgan fingerprint density at radius 2 is 1.02 bits per heavy atom. The summed E-state index contributed by atoms with van der Waals surface area (Å²) in [4.78, 5) is 29.4. The maximum Gasteiger partial charge on any atom is 0.251 e. The number of hydrogen-bond donors (Lipinski definition) is 4. The molecule has 2 amide bonds. The lowest BCUT2D eigenvalue weighted by Gasteiger charge is -2.37. The van der Waals surface area contributed by atoms with Gasteiger partial charge in [-0.05, 0) is 123 Å². The van der Waals surface area contributed by atoms with Gasteiger partial charge in [-0.1, -0.05) is 64.7 Å². The van der Waals surface area contributed by atoms with Gasteiger partial charge in [0.25, 0.3) is 11.8 Å². The molecule has 288 valence electrons. The first-order valence-corrected chi connectivity index (χ1v) is 19.3. The van der Waals surface area contributed by atoms with E-state index in [9.17, 15) is 28.6 Å². The number of halogens is 4. The average Bonchev–Trinajstić information content (AvgIpc) is 3.92.